The highest BCUT2D eigenvalue weighted by Crippen LogP contribution is 2.41. The quantitative estimate of drug-likeness (QED) is 0.382. The molecule has 0 radical (unpaired) electrons. The monoisotopic (exact) mass is 436 g/mol. The van der Waals surface area contributed by atoms with Crippen LogP contribution in [0.15, 0.2) is 79.7 Å². The number of benzene rings is 2. The van der Waals surface area contributed by atoms with Crippen molar-refractivity contribution < 1.29 is 9.52 Å². The van der Waals surface area contributed by atoms with E-state index in [-0.39, 0.29) is 16.1 Å². The number of hydrogen-bond acceptors (Lipinski definition) is 4. The summed E-state index contributed by atoms with van der Waals surface area (Å²) in [6.07, 6.45) is 3.42. The van der Waals surface area contributed by atoms with Gasteiger partial charge in [-0.2, -0.15) is 0 Å². The summed E-state index contributed by atoms with van der Waals surface area (Å²) < 4.78 is 5.86. The molecule has 0 fully saturated rings. The molecule has 0 atom stereocenters. The molecule has 3 rings (SSSR count). The Labute approximate surface area is 189 Å². The van der Waals surface area contributed by atoms with E-state index in [1.807, 2.05) is 36.4 Å². The molecule has 0 unspecified atom stereocenters. The first-order valence-electron chi connectivity index (χ1n) is 11.1. The van der Waals surface area contributed by atoms with Gasteiger partial charge in [0.1, 0.15) is 16.4 Å². The van der Waals surface area contributed by atoms with Crippen LogP contribution in [-0.4, -0.2) is 5.11 Å². The van der Waals surface area contributed by atoms with Gasteiger partial charge in [0, 0.05) is 16.4 Å². The maximum Gasteiger partial charge on any atom is 0.353 e. The maximum atomic E-state index is 13.0. The summed E-state index contributed by atoms with van der Waals surface area (Å²) >= 11 is 1.28. The summed E-state index contributed by atoms with van der Waals surface area (Å²) in [7, 11) is 0. The van der Waals surface area contributed by atoms with Crippen LogP contribution in [0.5, 0.6) is 5.75 Å². The van der Waals surface area contributed by atoms with E-state index in [4.69, 9.17) is 4.42 Å². The summed E-state index contributed by atoms with van der Waals surface area (Å²) in [5.41, 5.74) is 1.66. The minimum absolute atomic E-state index is 0.000736. The fourth-order valence-electron chi connectivity index (χ4n) is 4.09. The zero-order chi connectivity index (χ0) is 22.4. The fraction of sp³-hybridized carbons (Fsp3) is 0.370. The van der Waals surface area contributed by atoms with Crippen LogP contribution in [0.3, 0.4) is 0 Å². The van der Waals surface area contributed by atoms with Gasteiger partial charge in [0.25, 0.3) is 0 Å². The Morgan fingerprint density at radius 3 is 2.26 bits per heavy atom. The van der Waals surface area contributed by atoms with Gasteiger partial charge in [-0.25, -0.2) is 4.79 Å². The zero-order valence-electron chi connectivity index (χ0n) is 18.9. The lowest BCUT2D eigenvalue weighted by Gasteiger charge is -2.30. The first-order chi connectivity index (χ1) is 14.9. The van der Waals surface area contributed by atoms with Crippen molar-refractivity contribution in [3.63, 3.8) is 0 Å². The van der Waals surface area contributed by atoms with Crippen LogP contribution in [0.1, 0.15) is 69.8 Å². The fourth-order valence-corrected chi connectivity index (χ4v) is 5.17. The van der Waals surface area contributed by atoms with E-state index >= 15 is 0 Å². The predicted molar refractivity (Wildman–Crippen MR) is 128 cm³/mol. The summed E-state index contributed by atoms with van der Waals surface area (Å²) in [5, 5.41) is 10.8. The topological polar surface area (TPSA) is 50.4 Å². The Hall–Kier alpha value is -2.46. The van der Waals surface area contributed by atoms with Crippen molar-refractivity contribution in [1.29, 1.82) is 0 Å². The van der Waals surface area contributed by atoms with Gasteiger partial charge in [-0.05, 0) is 48.8 Å². The second-order valence-electron chi connectivity index (χ2n) is 8.38. The summed E-state index contributed by atoms with van der Waals surface area (Å²) in [5.74, 6) is 0.904. The Bertz CT molecular complexity index is 1050. The lowest BCUT2D eigenvalue weighted by Crippen LogP contribution is -2.27. The molecule has 0 aliphatic heterocycles. The van der Waals surface area contributed by atoms with Crippen molar-refractivity contribution in [2.75, 3.05) is 0 Å². The highest BCUT2D eigenvalue weighted by atomic mass is 32.2. The van der Waals surface area contributed by atoms with E-state index in [0.29, 0.717) is 11.7 Å². The third-order valence-electron chi connectivity index (χ3n) is 6.25. The van der Waals surface area contributed by atoms with Crippen LogP contribution in [0.25, 0.3) is 0 Å². The third kappa shape index (κ3) is 5.24. The Morgan fingerprint density at radius 2 is 1.65 bits per heavy atom. The van der Waals surface area contributed by atoms with Crippen LogP contribution in [0.2, 0.25) is 0 Å². The smallest absolute Gasteiger partial charge is 0.353 e. The molecule has 3 aromatic rings. The van der Waals surface area contributed by atoms with Crippen LogP contribution >= 0.6 is 11.8 Å². The van der Waals surface area contributed by atoms with Gasteiger partial charge in [-0.3, -0.25) is 0 Å². The molecule has 164 valence electrons. The van der Waals surface area contributed by atoms with Gasteiger partial charge in [-0.15, -0.1) is 0 Å². The number of hydrogen-bond donors (Lipinski definition) is 1. The second-order valence-corrected chi connectivity index (χ2v) is 9.43. The Kier molecular flexibility index (Phi) is 7.66. The molecule has 0 saturated carbocycles. The highest BCUT2D eigenvalue weighted by Gasteiger charge is 2.32. The standard InChI is InChI=1S/C27H32O3S/c1-5-27(6-2,17-16-20-12-8-7-9-13-20)24-18-22(28)25(26(29)30-24)31-23-15-11-10-14-21(23)19(3)4/h7-15,18-19,28H,5-6,16-17H2,1-4H3. The molecule has 3 nitrogen and oxygen atoms in total. The molecule has 0 aliphatic carbocycles. The van der Waals surface area contributed by atoms with Gasteiger partial charge in [0.05, 0.1) is 0 Å². The molecule has 1 aromatic heterocycles. The summed E-state index contributed by atoms with van der Waals surface area (Å²) in [6, 6.07) is 20.0. The van der Waals surface area contributed by atoms with Gasteiger partial charge in [-0.1, -0.05) is 88.0 Å². The molecule has 0 aliphatic rings. The van der Waals surface area contributed by atoms with Crippen molar-refractivity contribution in [3.05, 3.63) is 88.0 Å². The van der Waals surface area contributed by atoms with E-state index in [1.165, 1.54) is 17.3 Å². The van der Waals surface area contributed by atoms with E-state index in [9.17, 15) is 9.90 Å². The SMILES string of the molecule is CCC(CC)(CCc1ccccc1)c1cc(O)c(Sc2ccccc2C(C)C)c(=O)o1. The zero-order valence-corrected chi connectivity index (χ0v) is 19.7. The lowest BCUT2D eigenvalue weighted by molar-refractivity contribution is 0.269. The average molecular weight is 437 g/mol. The van der Waals surface area contributed by atoms with Crippen LogP contribution in [-0.2, 0) is 11.8 Å². The predicted octanol–water partition coefficient (Wildman–Crippen LogP) is 7.31. The van der Waals surface area contributed by atoms with E-state index in [1.54, 1.807) is 6.07 Å². The highest BCUT2D eigenvalue weighted by molar-refractivity contribution is 7.99. The van der Waals surface area contributed by atoms with Crippen LogP contribution in [0, 0.1) is 0 Å². The molecule has 0 amide bonds. The molecule has 0 bridgehead atoms. The first-order valence-corrected chi connectivity index (χ1v) is 11.9. The van der Waals surface area contributed by atoms with Crippen LogP contribution in [0.4, 0.5) is 0 Å². The molecule has 2 aromatic carbocycles. The maximum absolute atomic E-state index is 13.0. The summed E-state index contributed by atoms with van der Waals surface area (Å²) in [6.45, 7) is 8.48. The normalized spacial score (nSPS) is 11.8. The number of aryl methyl sites for hydroxylation is 1. The molecular weight excluding hydrogens is 404 g/mol. The Morgan fingerprint density at radius 1 is 1.00 bits per heavy atom. The van der Waals surface area contributed by atoms with Crippen molar-refractivity contribution in [2.24, 2.45) is 0 Å². The second kappa shape index (κ2) is 10.2. The molecular formula is C27H32O3S. The van der Waals surface area contributed by atoms with E-state index in [2.05, 4.69) is 45.9 Å². The minimum Gasteiger partial charge on any atom is -0.506 e. The molecule has 4 heteroatoms. The molecule has 1 heterocycles. The lowest BCUT2D eigenvalue weighted by atomic mass is 9.75. The van der Waals surface area contributed by atoms with Gasteiger partial charge in [0.15, 0.2) is 0 Å². The first kappa shape index (κ1) is 23.2. The molecule has 0 saturated heterocycles. The number of rotatable bonds is 9. The van der Waals surface area contributed by atoms with Crippen LogP contribution < -0.4 is 5.63 Å². The van der Waals surface area contributed by atoms with Crippen molar-refractivity contribution in [2.45, 2.75) is 74.5 Å². The van der Waals surface area contributed by atoms with E-state index < -0.39 is 5.63 Å². The average Bonchev–Trinajstić information content (AvgIpc) is 2.78. The largest absolute Gasteiger partial charge is 0.506 e. The molecule has 1 N–H and O–H groups in total. The minimum atomic E-state index is -0.468. The molecule has 0 spiro atoms. The van der Waals surface area contributed by atoms with Crippen molar-refractivity contribution >= 4 is 11.8 Å². The van der Waals surface area contributed by atoms with Crippen molar-refractivity contribution in [1.82, 2.24) is 0 Å². The summed E-state index contributed by atoms with van der Waals surface area (Å²) in [4.78, 5) is 14.2. The Balaban J connectivity index is 1.93. The van der Waals surface area contributed by atoms with Gasteiger partial charge in [0.2, 0.25) is 0 Å². The third-order valence-corrected chi connectivity index (χ3v) is 7.42. The number of aromatic hydroxyl groups is 1. The van der Waals surface area contributed by atoms with E-state index in [0.717, 1.165) is 36.1 Å². The van der Waals surface area contributed by atoms with Crippen molar-refractivity contribution in [3.8, 4) is 5.75 Å². The van der Waals surface area contributed by atoms with Gasteiger partial charge >= 0.3 is 5.63 Å². The van der Waals surface area contributed by atoms with Gasteiger partial charge < -0.3 is 9.52 Å². The molecule has 31 heavy (non-hydrogen) atoms.